The monoisotopic (exact) mass is 776 g/mol. The van der Waals surface area contributed by atoms with Crippen LogP contribution in [0.2, 0.25) is 0 Å². The van der Waals surface area contributed by atoms with Gasteiger partial charge in [-0.15, -0.1) is 0 Å². The summed E-state index contributed by atoms with van der Waals surface area (Å²) in [5.41, 5.74) is -4.72. The summed E-state index contributed by atoms with van der Waals surface area (Å²) in [6, 6.07) is -0.340. The molecule has 3 rings (SSSR count). The Hall–Kier alpha value is -1.83. The fourth-order valence-corrected chi connectivity index (χ4v) is 8.68. The molecule has 0 aromatic rings. The maximum atomic E-state index is 14.2. The van der Waals surface area contributed by atoms with Crippen molar-refractivity contribution in [2.45, 2.75) is 179 Å². The molecule has 3 heterocycles. The minimum absolute atomic E-state index is 0.0817. The van der Waals surface area contributed by atoms with Gasteiger partial charge < -0.3 is 63.7 Å². The number of ether oxygens (including phenoxy) is 6. The molecule has 0 aromatic carbocycles. The number of hydrogen-bond acceptors (Lipinski definition) is 16. The molecule has 16 heteroatoms. The summed E-state index contributed by atoms with van der Waals surface area (Å²) < 4.78 is 37.3. The second-order valence-corrected chi connectivity index (χ2v) is 16.8. The zero-order chi connectivity index (χ0) is 41.1. The minimum atomic E-state index is -2.00. The van der Waals surface area contributed by atoms with Gasteiger partial charge in [0.1, 0.15) is 23.9 Å². The Morgan fingerprint density at radius 3 is 2.13 bits per heavy atom. The van der Waals surface area contributed by atoms with E-state index in [9.17, 15) is 35.1 Å². The van der Waals surface area contributed by atoms with Crippen molar-refractivity contribution < 1.29 is 68.4 Å². The summed E-state index contributed by atoms with van der Waals surface area (Å²) in [7, 11) is 5.17. The van der Waals surface area contributed by atoms with E-state index in [-0.39, 0.29) is 43.6 Å². The van der Waals surface area contributed by atoms with E-state index in [1.165, 1.54) is 14.0 Å². The Kier molecular flexibility index (Phi) is 16.1. The molecule has 3 fully saturated rings. The molecule has 0 saturated carbocycles. The molecule has 3 aliphatic rings. The van der Waals surface area contributed by atoms with Crippen molar-refractivity contribution in [3.63, 3.8) is 0 Å². The van der Waals surface area contributed by atoms with E-state index in [1.54, 1.807) is 55.4 Å². The van der Waals surface area contributed by atoms with Crippen LogP contribution in [0.5, 0.6) is 0 Å². The van der Waals surface area contributed by atoms with Gasteiger partial charge in [0.15, 0.2) is 12.6 Å². The quantitative estimate of drug-likeness (QED) is 0.0976. The van der Waals surface area contributed by atoms with Gasteiger partial charge in [-0.05, 0) is 74.9 Å². The Morgan fingerprint density at radius 1 is 0.944 bits per heavy atom. The third-order valence-corrected chi connectivity index (χ3v) is 12.1. The van der Waals surface area contributed by atoms with E-state index >= 15 is 0 Å². The van der Waals surface area contributed by atoms with Gasteiger partial charge >= 0.3 is 12.4 Å². The van der Waals surface area contributed by atoms with Gasteiger partial charge in [-0.3, -0.25) is 9.59 Å². The molecule has 0 aliphatic carbocycles. The number of esters is 1. The Balaban J connectivity index is 2.24. The van der Waals surface area contributed by atoms with E-state index in [0.717, 1.165) is 0 Å². The summed E-state index contributed by atoms with van der Waals surface area (Å²) >= 11 is 0. The van der Waals surface area contributed by atoms with Crippen LogP contribution in [0.15, 0.2) is 5.16 Å². The summed E-state index contributed by atoms with van der Waals surface area (Å²) in [6.45, 7) is 16.7. The zero-order valence-corrected chi connectivity index (χ0v) is 34.4. The highest BCUT2D eigenvalue weighted by Gasteiger charge is 2.53. The molecule has 0 radical (unpaired) electrons. The predicted octanol–water partition coefficient (Wildman–Crippen LogP) is 1.75. The molecule has 0 aromatic heterocycles. The highest BCUT2D eigenvalue weighted by molar-refractivity contribution is 5.89. The lowest BCUT2D eigenvalue weighted by Gasteiger charge is -2.49. The number of methoxy groups -OCH3 is 1. The van der Waals surface area contributed by atoms with Crippen molar-refractivity contribution in [1.29, 1.82) is 0 Å². The van der Waals surface area contributed by atoms with Crippen LogP contribution in [0.3, 0.4) is 0 Å². The topological polar surface area (TPSA) is 215 Å². The van der Waals surface area contributed by atoms with Crippen LogP contribution in [0.25, 0.3) is 0 Å². The van der Waals surface area contributed by atoms with Crippen LogP contribution in [-0.4, -0.2) is 154 Å². The van der Waals surface area contributed by atoms with Crippen LogP contribution >= 0.6 is 0 Å². The molecule has 0 spiro atoms. The SMILES string of the molecule is CC[C@H]1OC(=O)[C@H](C)[C@@H](O[C@H]2C[C@@](C)(OC)[C@@H](O)[C@H](C)O2)[C@H](C)[C@@H](O[C@@H]2O[C@H](C)C[C@H](N(C)C)[C@H]2O)[C@](C)(O)C[C@@H](C)/C(=N\OC=O)[C@H](C)[C@@H](O)[C@]1(C)O. The summed E-state index contributed by atoms with van der Waals surface area (Å²) in [5, 5.41) is 62.5. The van der Waals surface area contributed by atoms with Crippen LogP contribution in [-0.2, 0) is 42.8 Å². The number of rotatable bonds is 9. The number of nitrogens with zero attached hydrogens (tertiary/aromatic N) is 2. The van der Waals surface area contributed by atoms with Crippen molar-refractivity contribution in [3.8, 4) is 0 Å². The molecule has 3 saturated heterocycles. The van der Waals surface area contributed by atoms with Crippen molar-refractivity contribution in [2.75, 3.05) is 21.2 Å². The van der Waals surface area contributed by atoms with Gasteiger partial charge in [0.05, 0.1) is 53.4 Å². The molecule has 314 valence electrons. The van der Waals surface area contributed by atoms with Crippen LogP contribution in [0.1, 0.15) is 94.9 Å². The second kappa shape index (κ2) is 18.6. The fraction of sp³-hybridized carbons (Fsp3) is 0.921. The number of oxime groups is 1. The van der Waals surface area contributed by atoms with Crippen molar-refractivity contribution in [2.24, 2.45) is 28.8 Å². The smallest absolute Gasteiger partial charge is 0.323 e. The first-order chi connectivity index (χ1) is 25.0. The maximum Gasteiger partial charge on any atom is 0.323 e. The molecule has 0 unspecified atom stereocenters. The van der Waals surface area contributed by atoms with Crippen molar-refractivity contribution >= 4 is 18.2 Å². The zero-order valence-electron chi connectivity index (χ0n) is 34.4. The van der Waals surface area contributed by atoms with E-state index in [0.29, 0.717) is 6.42 Å². The number of aliphatic hydroxyl groups excluding tert-OH is 3. The first-order valence-electron chi connectivity index (χ1n) is 19.2. The van der Waals surface area contributed by atoms with Crippen LogP contribution < -0.4 is 0 Å². The van der Waals surface area contributed by atoms with E-state index in [1.807, 2.05) is 25.9 Å². The summed E-state index contributed by atoms with van der Waals surface area (Å²) in [5.74, 6) is -4.36. The largest absolute Gasteiger partial charge is 0.459 e. The van der Waals surface area contributed by atoms with E-state index < -0.39 is 102 Å². The first kappa shape index (κ1) is 46.6. The number of aliphatic hydroxyl groups is 5. The third kappa shape index (κ3) is 10.2. The molecule has 0 bridgehead atoms. The van der Waals surface area contributed by atoms with Gasteiger partial charge in [-0.2, -0.15) is 0 Å². The highest BCUT2D eigenvalue weighted by Crippen LogP contribution is 2.41. The van der Waals surface area contributed by atoms with Crippen molar-refractivity contribution in [3.05, 3.63) is 0 Å². The Labute approximate surface area is 320 Å². The molecular weight excluding hydrogens is 708 g/mol. The van der Waals surface area contributed by atoms with Crippen molar-refractivity contribution in [1.82, 2.24) is 4.90 Å². The van der Waals surface area contributed by atoms with Gasteiger partial charge in [0, 0.05) is 37.3 Å². The molecule has 54 heavy (non-hydrogen) atoms. The third-order valence-electron chi connectivity index (χ3n) is 12.1. The average molecular weight is 777 g/mol. The Bertz CT molecular complexity index is 1270. The second-order valence-electron chi connectivity index (χ2n) is 16.8. The van der Waals surface area contributed by atoms with E-state index in [4.69, 9.17) is 33.3 Å². The molecule has 3 aliphatic heterocycles. The normalized spacial score (nSPS) is 48.2. The minimum Gasteiger partial charge on any atom is -0.459 e. The van der Waals surface area contributed by atoms with Crippen LogP contribution in [0, 0.1) is 23.7 Å². The van der Waals surface area contributed by atoms with Crippen LogP contribution in [0.4, 0.5) is 0 Å². The lowest BCUT2D eigenvalue weighted by atomic mass is 9.73. The number of likely N-dealkylation sites (N-methyl/N-ethyl adjacent to an activating group) is 1. The van der Waals surface area contributed by atoms with E-state index in [2.05, 4.69) is 5.16 Å². The molecule has 5 N–H and O–H groups in total. The van der Waals surface area contributed by atoms with Gasteiger partial charge in [-0.1, -0.05) is 32.9 Å². The highest BCUT2D eigenvalue weighted by atomic mass is 16.7. The molecule has 16 nitrogen and oxygen atoms in total. The first-order valence-corrected chi connectivity index (χ1v) is 19.2. The molecule has 18 atom stereocenters. The summed E-state index contributed by atoms with van der Waals surface area (Å²) in [4.78, 5) is 32.2. The maximum absolute atomic E-state index is 14.2. The molecular formula is C38H68N2O14. The van der Waals surface area contributed by atoms with Gasteiger partial charge in [0.25, 0.3) is 0 Å². The lowest BCUT2D eigenvalue weighted by molar-refractivity contribution is -0.317. The lowest BCUT2D eigenvalue weighted by Crippen LogP contribution is -2.61. The molecule has 0 amide bonds. The summed E-state index contributed by atoms with van der Waals surface area (Å²) in [6.07, 6.45) is -9.81. The number of cyclic esters (lactones) is 1. The Morgan fingerprint density at radius 2 is 1.57 bits per heavy atom. The number of carbonyl (C=O) groups excluding carboxylic acids is 2. The number of carbonyl (C=O) groups is 2. The fourth-order valence-electron chi connectivity index (χ4n) is 8.68. The average Bonchev–Trinajstić information content (AvgIpc) is 3.09. The predicted molar refractivity (Wildman–Crippen MR) is 196 cm³/mol. The number of hydrogen-bond donors (Lipinski definition) is 5. The standard InChI is InChI=1S/C38H68N2O14/c1-14-26-38(10,47)31(43)21(4)28(39-49-18-41)19(2)16-36(8,46)33(54-35-29(42)25(40(11)12)15-20(3)50-35)22(5)30(23(6)34(45)52-26)53-27-17-37(9,48-13)32(44)24(7)51-27/h18-27,29-33,35,42-44,46-47H,14-17H2,1-13H3/b39-28+/t19-,20-,21+,22+,23-,24+,25+,26-,27+,29-,30+,31-,32+,33-,35+,36-,37-,38-/m1/s1. The van der Waals surface area contributed by atoms with Gasteiger partial charge in [0.2, 0.25) is 0 Å². The van der Waals surface area contributed by atoms with Gasteiger partial charge in [-0.25, -0.2) is 0 Å².